The summed E-state index contributed by atoms with van der Waals surface area (Å²) in [7, 11) is 0. The van der Waals surface area contributed by atoms with Crippen molar-refractivity contribution in [3.8, 4) is 0 Å². The molecule has 0 aromatic carbocycles. The molecule has 10 nitrogen and oxygen atoms in total. The first kappa shape index (κ1) is 18.7. The molecule has 1 fully saturated rings. The van der Waals surface area contributed by atoms with Crippen LogP contribution in [-0.2, 0) is 4.74 Å². The number of hydrogen-bond acceptors (Lipinski definition) is 9. The Labute approximate surface area is 149 Å². The zero-order valence-electron chi connectivity index (χ0n) is 14.6. The zero-order chi connectivity index (χ0) is 18.8. The van der Waals surface area contributed by atoms with Crippen LogP contribution < -0.4 is 5.32 Å². The summed E-state index contributed by atoms with van der Waals surface area (Å²) in [5.74, 6) is 1.01. The van der Waals surface area contributed by atoms with Crippen LogP contribution in [0.15, 0.2) is 18.0 Å². The van der Waals surface area contributed by atoms with Crippen molar-refractivity contribution < 1.29 is 25.2 Å². The van der Waals surface area contributed by atoms with E-state index in [1.807, 2.05) is 13.0 Å². The highest BCUT2D eigenvalue weighted by Crippen LogP contribution is 2.32. The monoisotopic (exact) mass is 365 g/mol. The van der Waals surface area contributed by atoms with Crippen LogP contribution in [0.4, 0.5) is 5.82 Å². The molecule has 0 radical (unpaired) electrons. The molecule has 26 heavy (non-hydrogen) atoms. The number of nitrogens with zero attached hydrogens (tertiary/aromatic N) is 4. The number of anilines is 1. The summed E-state index contributed by atoms with van der Waals surface area (Å²) in [4.78, 5) is 13.0. The van der Waals surface area contributed by atoms with Crippen LogP contribution in [0.1, 0.15) is 19.0 Å². The maximum absolute atomic E-state index is 10.2. The van der Waals surface area contributed by atoms with Gasteiger partial charge in [0.15, 0.2) is 23.2 Å². The smallest absolute Gasteiger partial charge is 0.167 e. The van der Waals surface area contributed by atoms with Gasteiger partial charge in [-0.1, -0.05) is 11.6 Å². The fraction of sp³-hybridized carbons (Fsp3) is 0.562. The van der Waals surface area contributed by atoms with Gasteiger partial charge in [-0.05, 0) is 13.8 Å². The minimum atomic E-state index is -1.22. The summed E-state index contributed by atoms with van der Waals surface area (Å²) in [6.07, 6.45) is -0.905. The van der Waals surface area contributed by atoms with Gasteiger partial charge in [0, 0.05) is 6.54 Å². The number of aliphatic hydroxyl groups is 4. The van der Waals surface area contributed by atoms with Crippen molar-refractivity contribution in [3.05, 3.63) is 23.8 Å². The lowest BCUT2D eigenvalue weighted by Crippen LogP contribution is -2.33. The predicted octanol–water partition coefficient (Wildman–Crippen LogP) is -0.903. The fourth-order valence-electron chi connectivity index (χ4n) is 2.83. The molecule has 4 atom stereocenters. The van der Waals surface area contributed by atoms with Gasteiger partial charge in [-0.3, -0.25) is 4.57 Å². The molecule has 0 saturated carbocycles. The minimum Gasteiger partial charge on any atom is -0.394 e. The first-order valence-corrected chi connectivity index (χ1v) is 8.30. The topological polar surface area (TPSA) is 146 Å². The predicted molar refractivity (Wildman–Crippen MR) is 92.4 cm³/mol. The second-order valence-corrected chi connectivity index (χ2v) is 6.26. The summed E-state index contributed by atoms with van der Waals surface area (Å²) < 4.78 is 7.07. The zero-order valence-corrected chi connectivity index (χ0v) is 14.6. The molecule has 0 bridgehead atoms. The van der Waals surface area contributed by atoms with Crippen molar-refractivity contribution in [2.75, 3.05) is 25.1 Å². The SMILES string of the molecule is C/C(=C\CNc1nc(C)nc2c1ncn2[C@@H]1O[C@H](CO)[C@@H](O)[C@H]1O)CO. The van der Waals surface area contributed by atoms with Crippen molar-refractivity contribution in [1.82, 2.24) is 19.5 Å². The highest BCUT2D eigenvalue weighted by Gasteiger charge is 2.44. The third-order valence-corrected chi connectivity index (χ3v) is 4.29. The molecule has 1 aliphatic heterocycles. The van der Waals surface area contributed by atoms with Crippen molar-refractivity contribution >= 4 is 17.0 Å². The third kappa shape index (κ3) is 3.41. The number of nitrogens with one attached hydrogen (secondary N) is 1. The van der Waals surface area contributed by atoms with E-state index < -0.39 is 31.1 Å². The van der Waals surface area contributed by atoms with Gasteiger partial charge in [0.05, 0.1) is 19.5 Å². The molecule has 10 heteroatoms. The van der Waals surface area contributed by atoms with Crippen molar-refractivity contribution in [2.24, 2.45) is 0 Å². The van der Waals surface area contributed by atoms with E-state index in [4.69, 9.17) is 9.84 Å². The summed E-state index contributed by atoms with van der Waals surface area (Å²) in [5.41, 5.74) is 1.76. The molecule has 2 aromatic heterocycles. The standard InChI is InChI=1S/C16H23N5O5/c1-8(5-22)3-4-17-14-11-15(20-9(2)19-14)21(7-18-11)16-13(25)12(24)10(6-23)26-16/h3,7,10,12-13,16,22-25H,4-6H2,1-2H3,(H,17,19,20)/b8-3+/t10-,12-,13-,16-/m1/s1. The van der Waals surface area contributed by atoms with Gasteiger partial charge in [-0.25, -0.2) is 15.0 Å². The number of fused-ring (bicyclic) bond motifs is 1. The van der Waals surface area contributed by atoms with E-state index in [0.717, 1.165) is 5.57 Å². The quantitative estimate of drug-likeness (QED) is 0.411. The molecule has 3 rings (SSSR count). The van der Waals surface area contributed by atoms with Crippen LogP contribution in [-0.4, -0.2) is 78.0 Å². The third-order valence-electron chi connectivity index (χ3n) is 4.29. The molecule has 5 N–H and O–H groups in total. The lowest BCUT2D eigenvalue weighted by atomic mass is 10.1. The highest BCUT2D eigenvalue weighted by molar-refractivity contribution is 5.83. The van der Waals surface area contributed by atoms with E-state index in [9.17, 15) is 15.3 Å². The lowest BCUT2D eigenvalue weighted by molar-refractivity contribution is -0.0511. The van der Waals surface area contributed by atoms with Crippen molar-refractivity contribution in [2.45, 2.75) is 38.4 Å². The Morgan fingerprint density at radius 3 is 2.73 bits per heavy atom. The van der Waals surface area contributed by atoms with E-state index >= 15 is 0 Å². The Balaban J connectivity index is 1.92. The van der Waals surface area contributed by atoms with Crippen LogP contribution in [0, 0.1) is 6.92 Å². The molecule has 1 saturated heterocycles. The second kappa shape index (κ2) is 7.64. The maximum Gasteiger partial charge on any atom is 0.167 e. The minimum absolute atomic E-state index is 0.0141. The van der Waals surface area contributed by atoms with Gasteiger partial charge in [-0.2, -0.15) is 0 Å². The van der Waals surface area contributed by atoms with Crippen molar-refractivity contribution in [1.29, 1.82) is 0 Å². The lowest BCUT2D eigenvalue weighted by Gasteiger charge is -2.16. The van der Waals surface area contributed by atoms with E-state index in [1.54, 1.807) is 6.92 Å². The molecular formula is C16H23N5O5. The number of imidazole rings is 1. The molecule has 0 aliphatic carbocycles. The number of aliphatic hydroxyl groups excluding tert-OH is 4. The van der Waals surface area contributed by atoms with Crippen LogP contribution in [0.2, 0.25) is 0 Å². The molecule has 1 aliphatic rings. The van der Waals surface area contributed by atoms with Gasteiger partial charge in [0.2, 0.25) is 0 Å². The van der Waals surface area contributed by atoms with Gasteiger partial charge in [0.25, 0.3) is 0 Å². The second-order valence-electron chi connectivity index (χ2n) is 6.26. The Kier molecular flexibility index (Phi) is 5.49. The maximum atomic E-state index is 10.2. The number of rotatable bonds is 6. The van der Waals surface area contributed by atoms with E-state index in [0.29, 0.717) is 29.4 Å². The van der Waals surface area contributed by atoms with Crippen LogP contribution in [0.3, 0.4) is 0 Å². The largest absolute Gasteiger partial charge is 0.394 e. The Morgan fingerprint density at radius 1 is 1.31 bits per heavy atom. The molecule has 3 heterocycles. The van der Waals surface area contributed by atoms with Crippen LogP contribution in [0.25, 0.3) is 11.2 Å². The Bertz CT molecular complexity index is 808. The number of hydrogen-bond donors (Lipinski definition) is 5. The van der Waals surface area contributed by atoms with E-state index in [1.165, 1.54) is 10.9 Å². The molecule has 142 valence electrons. The van der Waals surface area contributed by atoms with Crippen LogP contribution >= 0.6 is 0 Å². The van der Waals surface area contributed by atoms with Gasteiger partial charge in [0.1, 0.15) is 24.1 Å². The number of aromatic nitrogens is 4. The first-order valence-electron chi connectivity index (χ1n) is 8.30. The summed E-state index contributed by atoms with van der Waals surface area (Å²) in [5, 5.41) is 41.6. The molecular weight excluding hydrogens is 342 g/mol. The molecule has 0 unspecified atom stereocenters. The average Bonchev–Trinajstić information content (AvgIpc) is 3.16. The summed E-state index contributed by atoms with van der Waals surface area (Å²) in [6.45, 7) is 3.59. The summed E-state index contributed by atoms with van der Waals surface area (Å²) in [6, 6.07) is 0. The summed E-state index contributed by atoms with van der Waals surface area (Å²) >= 11 is 0. The van der Waals surface area contributed by atoms with Gasteiger partial charge >= 0.3 is 0 Å². The Morgan fingerprint density at radius 2 is 2.08 bits per heavy atom. The van der Waals surface area contributed by atoms with Crippen molar-refractivity contribution in [3.63, 3.8) is 0 Å². The fourth-order valence-corrected chi connectivity index (χ4v) is 2.83. The van der Waals surface area contributed by atoms with Gasteiger partial charge in [-0.15, -0.1) is 0 Å². The first-order chi connectivity index (χ1) is 12.5. The Hall–Kier alpha value is -2.11. The molecule has 0 spiro atoms. The molecule has 2 aromatic rings. The number of ether oxygens (including phenoxy) is 1. The number of aryl methyl sites for hydroxylation is 1. The highest BCUT2D eigenvalue weighted by atomic mass is 16.6. The normalized spacial score (nSPS) is 26.6. The van der Waals surface area contributed by atoms with E-state index in [2.05, 4.69) is 20.3 Å². The van der Waals surface area contributed by atoms with Gasteiger partial charge < -0.3 is 30.5 Å². The van der Waals surface area contributed by atoms with E-state index in [-0.39, 0.29) is 6.61 Å². The van der Waals surface area contributed by atoms with Crippen LogP contribution in [0.5, 0.6) is 0 Å². The molecule has 0 amide bonds. The average molecular weight is 365 g/mol.